The van der Waals surface area contributed by atoms with E-state index in [0.29, 0.717) is 12.5 Å². The molecule has 0 radical (unpaired) electrons. The summed E-state index contributed by atoms with van der Waals surface area (Å²) in [5.74, 6) is 2.22. The highest BCUT2D eigenvalue weighted by atomic mass is 32.2. The van der Waals surface area contributed by atoms with E-state index in [9.17, 15) is 4.79 Å². The van der Waals surface area contributed by atoms with Crippen LogP contribution in [0.4, 0.5) is 4.79 Å². The third kappa shape index (κ3) is 4.60. The van der Waals surface area contributed by atoms with Crippen molar-refractivity contribution < 1.29 is 4.79 Å². The summed E-state index contributed by atoms with van der Waals surface area (Å²) in [5.41, 5.74) is 2.07. The van der Waals surface area contributed by atoms with Gasteiger partial charge in [0, 0.05) is 31.8 Å². The Labute approximate surface area is 161 Å². The van der Waals surface area contributed by atoms with Crippen LogP contribution in [-0.4, -0.2) is 61.7 Å². The molecule has 3 N–H and O–H groups in total. The second-order valence-electron chi connectivity index (χ2n) is 6.75. The highest BCUT2D eigenvalue weighted by Crippen LogP contribution is 2.21. The summed E-state index contributed by atoms with van der Waals surface area (Å²) in [4.78, 5) is 22.4. The fraction of sp³-hybridized carbons (Fsp3) is 0.444. The summed E-state index contributed by atoms with van der Waals surface area (Å²) in [6.07, 6.45) is 4.72. The zero-order valence-electron chi connectivity index (χ0n) is 15.0. The third-order valence-corrected chi connectivity index (χ3v) is 5.65. The van der Waals surface area contributed by atoms with Gasteiger partial charge in [0.15, 0.2) is 0 Å². The van der Waals surface area contributed by atoms with Crippen LogP contribution in [0.15, 0.2) is 35.5 Å². The molecule has 2 aromatic heterocycles. The number of rotatable bonds is 6. The van der Waals surface area contributed by atoms with Gasteiger partial charge in [-0.05, 0) is 30.9 Å². The number of imidazole rings is 1. The zero-order chi connectivity index (χ0) is 18.5. The van der Waals surface area contributed by atoms with Crippen LogP contribution in [0.25, 0.3) is 11.0 Å². The first-order valence-corrected chi connectivity index (χ1v) is 10.2. The molecule has 1 fully saturated rings. The number of nitrogens with zero attached hydrogens (tertiary/aromatic N) is 4. The molecule has 0 bridgehead atoms. The Hall–Kier alpha value is -2.55. The van der Waals surface area contributed by atoms with E-state index in [1.54, 1.807) is 18.0 Å². The molecule has 1 saturated heterocycles. The van der Waals surface area contributed by atoms with Gasteiger partial charge in [-0.1, -0.05) is 12.1 Å². The van der Waals surface area contributed by atoms with E-state index in [-0.39, 0.29) is 6.03 Å². The predicted octanol–water partition coefficient (Wildman–Crippen LogP) is 2.44. The number of nitrogens with one attached hydrogen (secondary N) is 3. The maximum atomic E-state index is 12.4. The third-order valence-electron chi connectivity index (χ3n) is 4.75. The number of para-hydroxylation sites is 2. The fourth-order valence-corrected chi connectivity index (χ4v) is 4.12. The van der Waals surface area contributed by atoms with Gasteiger partial charge in [0.25, 0.3) is 0 Å². The second-order valence-corrected chi connectivity index (χ2v) is 7.86. The zero-order valence-corrected chi connectivity index (χ0v) is 15.8. The Kier molecular flexibility index (Phi) is 5.57. The molecule has 8 nitrogen and oxygen atoms in total. The van der Waals surface area contributed by atoms with Gasteiger partial charge < -0.3 is 15.2 Å². The van der Waals surface area contributed by atoms with Crippen LogP contribution >= 0.6 is 11.8 Å². The molecule has 3 heterocycles. The fourth-order valence-electron chi connectivity index (χ4n) is 3.48. The number of benzene rings is 1. The van der Waals surface area contributed by atoms with Crippen molar-refractivity contribution in [2.75, 3.05) is 25.4 Å². The van der Waals surface area contributed by atoms with E-state index in [2.05, 4.69) is 30.7 Å². The molecule has 3 aromatic rings. The van der Waals surface area contributed by atoms with Gasteiger partial charge in [0.2, 0.25) is 0 Å². The van der Waals surface area contributed by atoms with E-state index in [1.807, 2.05) is 29.2 Å². The molecular weight excluding hydrogens is 362 g/mol. The lowest BCUT2D eigenvalue weighted by Crippen LogP contribution is -2.46. The molecule has 0 saturated carbocycles. The van der Waals surface area contributed by atoms with Crippen LogP contribution in [0.2, 0.25) is 0 Å². The lowest BCUT2D eigenvalue weighted by molar-refractivity contribution is 0.165. The van der Waals surface area contributed by atoms with Crippen LogP contribution in [-0.2, 0) is 6.42 Å². The standard InChI is InChI=1S/C18H23N7OS/c26-18(19-7-9-27-17-11-20-24-23-17)25-8-3-4-13(12-25)10-16-21-14-5-1-2-6-15(14)22-16/h1-2,5-6,11,13H,3-4,7-10,12H2,(H,19,26)(H,21,22)(H,20,23,24)/t13-/m0/s1. The number of hydrogen-bond acceptors (Lipinski definition) is 5. The molecule has 0 unspecified atom stereocenters. The smallest absolute Gasteiger partial charge is 0.317 e. The van der Waals surface area contributed by atoms with Crippen molar-refractivity contribution in [3.8, 4) is 0 Å². The Morgan fingerprint density at radius 3 is 3.15 bits per heavy atom. The normalized spacial score (nSPS) is 17.3. The molecule has 142 valence electrons. The first-order valence-electron chi connectivity index (χ1n) is 9.23. The number of thioether (sulfide) groups is 1. The average molecular weight is 385 g/mol. The van der Waals surface area contributed by atoms with E-state index in [4.69, 9.17) is 0 Å². The Morgan fingerprint density at radius 2 is 2.30 bits per heavy atom. The summed E-state index contributed by atoms with van der Waals surface area (Å²) >= 11 is 1.57. The van der Waals surface area contributed by atoms with E-state index < -0.39 is 0 Å². The summed E-state index contributed by atoms with van der Waals surface area (Å²) in [6, 6.07) is 8.10. The lowest BCUT2D eigenvalue weighted by Gasteiger charge is -2.32. The van der Waals surface area contributed by atoms with Crippen molar-refractivity contribution in [2.45, 2.75) is 24.3 Å². The molecule has 0 aliphatic carbocycles. The van der Waals surface area contributed by atoms with Crippen molar-refractivity contribution in [3.05, 3.63) is 36.3 Å². The van der Waals surface area contributed by atoms with Crippen molar-refractivity contribution in [1.29, 1.82) is 0 Å². The topological polar surface area (TPSA) is 103 Å². The van der Waals surface area contributed by atoms with E-state index >= 15 is 0 Å². The highest BCUT2D eigenvalue weighted by molar-refractivity contribution is 7.99. The van der Waals surface area contributed by atoms with Gasteiger partial charge in [-0.15, -0.1) is 16.9 Å². The van der Waals surface area contributed by atoms with Gasteiger partial charge in [-0.3, -0.25) is 0 Å². The molecule has 1 aliphatic heterocycles. The molecule has 2 amide bonds. The minimum absolute atomic E-state index is 0.0186. The average Bonchev–Trinajstić information content (AvgIpc) is 3.34. The summed E-state index contributed by atoms with van der Waals surface area (Å²) in [6.45, 7) is 2.21. The van der Waals surface area contributed by atoms with Crippen molar-refractivity contribution in [1.82, 2.24) is 35.6 Å². The second kappa shape index (κ2) is 8.43. The Morgan fingerprint density at radius 1 is 1.37 bits per heavy atom. The van der Waals surface area contributed by atoms with E-state index in [0.717, 1.165) is 60.0 Å². The SMILES string of the molecule is O=C(NCCSc1cn[nH]n1)N1CCC[C@@H](Cc2nc3ccccc3[nH]2)C1. The Bertz CT molecular complexity index is 846. The maximum absolute atomic E-state index is 12.4. The number of carbonyl (C=O) groups is 1. The van der Waals surface area contributed by atoms with Crippen molar-refractivity contribution in [2.24, 2.45) is 5.92 Å². The largest absolute Gasteiger partial charge is 0.342 e. The molecule has 1 aromatic carbocycles. The quantitative estimate of drug-likeness (QED) is 0.447. The van der Waals surface area contributed by atoms with E-state index in [1.165, 1.54) is 0 Å². The highest BCUT2D eigenvalue weighted by Gasteiger charge is 2.24. The number of amides is 2. The summed E-state index contributed by atoms with van der Waals surface area (Å²) in [5, 5.41) is 14.2. The predicted molar refractivity (Wildman–Crippen MR) is 105 cm³/mol. The van der Waals surface area contributed by atoms with Gasteiger partial charge in [0.1, 0.15) is 10.9 Å². The molecule has 9 heteroatoms. The molecule has 0 spiro atoms. The molecule has 27 heavy (non-hydrogen) atoms. The number of urea groups is 1. The van der Waals surface area contributed by atoms with Gasteiger partial charge in [0.05, 0.1) is 17.2 Å². The number of aromatic nitrogens is 5. The van der Waals surface area contributed by atoms with Crippen molar-refractivity contribution >= 4 is 28.8 Å². The number of H-pyrrole nitrogens is 2. The minimum Gasteiger partial charge on any atom is -0.342 e. The molecular formula is C18H23N7OS. The first-order chi connectivity index (χ1) is 13.3. The van der Waals surface area contributed by atoms with Crippen LogP contribution < -0.4 is 5.32 Å². The first kappa shape index (κ1) is 17.8. The number of fused-ring (bicyclic) bond motifs is 1. The molecule has 1 aliphatic rings. The number of piperidine rings is 1. The van der Waals surface area contributed by atoms with Crippen LogP contribution in [0.3, 0.4) is 0 Å². The summed E-state index contributed by atoms with van der Waals surface area (Å²) in [7, 11) is 0. The number of carbonyl (C=O) groups excluding carboxylic acids is 1. The number of aromatic amines is 2. The molecule has 4 rings (SSSR count). The minimum atomic E-state index is 0.0186. The van der Waals surface area contributed by atoms with Crippen molar-refractivity contribution in [3.63, 3.8) is 0 Å². The van der Waals surface area contributed by atoms with Gasteiger partial charge in [-0.25, -0.2) is 9.78 Å². The maximum Gasteiger partial charge on any atom is 0.317 e. The number of likely N-dealkylation sites (tertiary alicyclic amines) is 1. The van der Waals surface area contributed by atoms with Gasteiger partial charge in [-0.2, -0.15) is 10.3 Å². The van der Waals surface area contributed by atoms with Crippen LogP contribution in [0.1, 0.15) is 18.7 Å². The Balaban J connectivity index is 1.25. The molecule has 1 atom stereocenters. The monoisotopic (exact) mass is 385 g/mol. The summed E-state index contributed by atoms with van der Waals surface area (Å²) < 4.78 is 0. The van der Waals surface area contributed by atoms with Crippen LogP contribution in [0, 0.1) is 5.92 Å². The lowest BCUT2D eigenvalue weighted by atomic mass is 9.95. The number of hydrogen-bond donors (Lipinski definition) is 3. The van der Waals surface area contributed by atoms with Gasteiger partial charge >= 0.3 is 6.03 Å². The van der Waals surface area contributed by atoms with Crippen LogP contribution in [0.5, 0.6) is 0 Å².